The molecule has 0 bridgehead atoms. The van der Waals surface area contributed by atoms with Gasteiger partial charge in [0, 0.05) is 44.1 Å². The summed E-state index contributed by atoms with van der Waals surface area (Å²) in [6, 6.07) is 10.9. The van der Waals surface area contributed by atoms with E-state index in [4.69, 9.17) is 9.47 Å². The van der Waals surface area contributed by atoms with E-state index in [0.717, 1.165) is 25.9 Å². The van der Waals surface area contributed by atoms with E-state index in [1.807, 2.05) is 16.8 Å². The van der Waals surface area contributed by atoms with Crippen LogP contribution >= 0.6 is 0 Å². The highest BCUT2D eigenvalue weighted by Crippen LogP contribution is 2.25. The van der Waals surface area contributed by atoms with Gasteiger partial charge in [0.05, 0.1) is 27.3 Å². The Labute approximate surface area is 187 Å². The van der Waals surface area contributed by atoms with E-state index >= 15 is 0 Å². The van der Waals surface area contributed by atoms with Gasteiger partial charge in [-0.1, -0.05) is 6.07 Å². The molecule has 0 radical (unpaired) electrons. The smallest absolute Gasteiger partial charge is 0.354 e. The quantitative estimate of drug-likeness (QED) is 0.629. The zero-order valence-corrected chi connectivity index (χ0v) is 18.7. The molecule has 2 aromatic rings. The summed E-state index contributed by atoms with van der Waals surface area (Å²) in [5.74, 6) is -0.0769. The van der Waals surface area contributed by atoms with E-state index in [0.29, 0.717) is 17.1 Å². The Morgan fingerprint density at radius 1 is 1.12 bits per heavy atom. The fourth-order valence-corrected chi connectivity index (χ4v) is 3.86. The molecule has 32 heavy (non-hydrogen) atoms. The molecular weight excluding hydrogens is 412 g/mol. The monoisotopic (exact) mass is 442 g/mol. The molecule has 9 nitrogen and oxygen atoms in total. The number of esters is 1. The minimum atomic E-state index is -0.346. The number of carbonyl (C=O) groups excluding carboxylic acids is 3. The van der Waals surface area contributed by atoms with E-state index < -0.39 is 0 Å². The van der Waals surface area contributed by atoms with Crippen molar-refractivity contribution in [3.8, 4) is 5.75 Å². The first-order valence-corrected chi connectivity index (χ1v) is 10.6. The number of carbonyl (C=O) groups is 3. The highest BCUT2D eigenvalue weighted by Gasteiger charge is 2.25. The third-order valence-corrected chi connectivity index (χ3v) is 5.64. The van der Waals surface area contributed by atoms with Crippen LogP contribution in [0, 0.1) is 0 Å². The molecule has 3 rings (SSSR count). The van der Waals surface area contributed by atoms with Gasteiger partial charge in [0.1, 0.15) is 11.4 Å². The van der Waals surface area contributed by atoms with Gasteiger partial charge in [-0.15, -0.1) is 0 Å². The molecule has 0 unspecified atom stereocenters. The van der Waals surface area contributed by atoms with Crippen molar-refractivity contribution in [1.29, 1.82) is 0 Å². The molecule has 9 heteroatoms. The van der Waals surface area contributed by atoms with Crippen LogP contribution in [0.5, 0.6) is 5.75 Å². The van der Waals surface area contributed by atoms with Crippen molar-refractivity contribution in [3.05, 3.63) is 48.3 Å². The van der Waals surface area contributed by atoms with Crippen LogP contribution in [0.4, 0.5) is 5.69 Å². The van der Waals surface area contributed by atoms with Gasteiger partial charge in [0.15, 0.2) is 0 Å². The van der Waals surface area contributed by atoms with Gasteiger partial charge < -0.3 is 24.3 Å². The van der Waals surface area contributed by atoms with E-state index in [9.17, 15) is 14.4 Å². The highest BCUT2D eigenvalue weighted by molar-refractivity contribution is 5.94. The zero-order valence-electron chi connectivity index (χ0n) is 18.7. The number of hydrogen-bond acceptors (Lipinski definition) is 6. The largest absolute Gasteiger partial charge is 0.497 e. The molecule has 1 aliphatic rings. The molecule has 1 aromatic heterocycles. The molecule has 1 N–H and O–H groups in total. The highest BCUT2D eigenvalue weighted by atomic mass is 16.5. The van der Waals surface area contributed by atoms with Gasteiger partial charge in [-0.2, -0.15) is 0 Å². The number of nitrogens with one attached hydrogen (secondary N) is 1. The SMILES string of the molecule is COC(=O)c1cccn1C1CCN(CC(=O)N(C)CC(=O)Nc2cccc(OC)c2)CC1. The predicted molar refractivity (Wildman–Crippen MR) is 120 cm³/mol. The lowest BCUT2D eigenvalue weighted by molar-refractivity contribution is -0.134. The van der Waals surface area contributed by atoms with Crippen LogP contribution in [-0.2, 0) is 14.3 Å². The van der Waals surface area contributed by atoms with Crippen molar-refractivity contribution in [3.63, 3.8) is 0 Å². The standard InChI is InChI=1S/C23H30N4O5/c1-25(15-21(28)24-17-6-4-7-19(14-17)31-2)22(29)16-26-12-9-18(10-13-26)27-11-5-8-20(27)23(30)32-3/h4-8,11,14,18H,9-10,12-13,15-16H2,1-3H3,(H,24,28). The van der Waals surface area contributed by atoms with Gasteiger partial charge in [-0.3, -0.25) is 14.5 Å². The van der Waals surface area contributed by atoms with Crippen LogP contribution in [0.15, 0.2) is 42.6 Å². The maximum Gasteiger partial charge on any atom is 0.354 e. The van der Waals surface area contributed by atoms with E-state index in [1.165, 1.54) is 12.0 Å². The molecule has 1 aromatic carbocycles. The Hall–Kier alpha value is -3.33. The summed E-state index contributed by atoms with van der Waals surface area (Å²) in [5, 5.41) is 2.78. The fourth-order valence-electron chi connectivity index (χ4n) is 3.86. The normalized spacial score (nSPS) is 14.6. The summed E-state index contributed by atoms with van der Waals surface area (Å²) in [6.45, 7) is 1.70. The molecular formula is C23H30N4O5. The second-order valence-corrected chi connectivity index (χ2v) is 7.83. The minimum absolute atomic E-state index is 0.0294. The van der Waals surface area contributed by atoms with Gasteiger partial charge in [-0.05, 0) is 37.1 Å². The van der Waals surface area contributed by atoms with Crippen molar-refractivity contribution < 1.29 is 23.9 Å². The van der Waals surface area contributed by atoms with Crippen molar-refractivity contribution >= 4 is 23.5 Å². The minimum Gasteiger partial charge on any atom is -0.497 e. The van der Waals surface area contributed by atoms with Gasteiger partial charge in [0.2, 0.25) is 11.8 Å². The third-order valence-electron chi connectivity index (χ3n) is 5.64. The summed E-state index contributed by atoms with van der Waals surface area (Å²) in [6.07, 6.45) is 3.55. The average Bonchev–Trinajstić information content (AvgIpc) is 3.29. The number of nitrogens with zero attached hydrogens (tertiary/aromatic N) is 3. The first-order valence-electron chi connectivity index (χ1n) is 10.6. The Morgan fingerprint density at radius 3 is 2.56 bits per heavy atom. The number of methoxy groups -OCH3 is 2. The number of aromatic nitrogens is 1. The van der Waals surface area contributed by atoms with Crippen LogP contribution < -0.4 is 10.1 Å². The van der Waals surface area contributed by atoms with Crippen LogP contribution in [0.2, 0.25) is 0 Å². The second-order valence-electron chi connectivity index (χ2n) is 7.83. The number of hydrogen-bond donors (Lipinski definition) is 1. The maximum atomic E-state index is 12.6. The maximum absolute atomic E-state index is 12.6. The van der Waals surface area contributed by atoms with E-state index in [-0.39, 0.29) is 36.9 Å². The van der Waals surface area contributed by atoms with Crippen LogP contribution in [0.25, 0.3) is 0 Å². The summed E-state index contributed by atoms with van der Waals surface area (Å²) in [7, 11) is 4.57. The summed E-state index contributed by atoms with van der Waals surface area (Å²) >= 11 is 0. The molecule has 1 saturated heterocycles. The Morgan fingerprint density at radius 2 is 1.88 bits per heavy atom. The molecule has 1 aliphatic heterocycles. The Kier molecular flexibility index (Phi) is 7.88. The molecule has 0 aliphatic carbocycles. The zero-order chi connectivity index (χ0) is 23.1. The number of anilines is 1. The summed E-state index contributed by atoms with van der Waals surface area (Å²) in [5.41, 5.74) is 1.16. The lowest BCUT2D eigenvalue weighted by Gasteiger charge is -2.33. The fraction of sp³-hybridized carbons (Fsp3) is 0.435. The van der Waals surface area contributed by atoms with Crippen molar-refractivity contribution in [1.82, 2.24) is 14.4 Å². The average molecular weight is 443 g/mol. The van der Waals surface area contributed by atoms with Crippen LogP contribution in [0.1, 0.15) is 29.4 Å². The van der Waals surface area contributed by atoms with Crippen LogP contribution in [0.3, 0.4) is 0 Å². The Balaban J connectivity index is 1.45. The van der Waals surface area contributed by atoms with E-state index in [1.54, 1.807) is 44.5 Å². The predicted octanol–water partition coefficient (Wildman–Crippen LogP) is 2.02. The van der Waals surface area contributed by atoms with Gasteiger partial charge in [-0.25, -0.2) is 4.79 Å². The molecule has 1 fully saturated rings. The summed E-state index contributed by atoms with van der Waals surface area (Å²) in [4.78, 5) is 40.3. The molecule has 2 amide bonds. The lowest BCUT2D eigenvalue weighted by atomic mass is 10.0. The molecule has 0 spiro atoms. The molecule has 0 atom stereocenters. The molecule has 2 heterocycles. The number of benzene rings is 1. The van der Waals surface area contributed by atoms with Crippen molar-refractivity contribution in [2.75, 3.05) is 52.8 Å². The van der Waals surface area contributed by atoms with E-state index in [2.05, 4.69) is 10.2 Å². The van der Waals surface area contributed by atoms with Gasteiger partial charge in [0.25, 0.3) is 0 Å². The number of likely N-dealkylation sites (tertiary alicyclic amines) is 1. The number of ether oxygens (including phenoxy) is 2. The molecule has 0 saturated carbocycles. The number of rotatable bonds is 8. The van der Waals surface area contributed by atoms with Gasteiger partial charge >= 0.3 is 5.97 Å². The Bertz CT molecular complexity index is 949. The second kappa shape index (κ2) is 10.8. The number of likely N-dealkylation sites (N-methyl/N-ethyl adjacent to an activating group) is 1. The molecule has 172 valence electrons. The lowest BCUT2D eigenvalue weighted by Crippen LogP contribution is -2.44. The van der Waals surface area contributed by atoms with Crippen molar-refractivity contribution in [2.24, 2.45) is 0 Å². The first-order chi connectivity index (χ1) is 15.4. The first kappa shape index (κ1) is 23.3. The third kappa shape index (κ3) is 5.88. The summed E-state index contributed by atoms with van der Waals surface area (Å²) < 4.78 is 12.0. The van der Waals surface area contributed by atoms with Crippen molar-refractivity contribution in [2.45, 2.75) is 18.9 Å². The van der Waals surface area contributed by atoms with Crippen LogP contribution in [-0.4, -0.2) is 79.6 Å². The topological polar surface area (TPSA) is 93.1 Å². The number of piperidine rings is 1. The number of amides is 2.